The number of rotatable bonds is 4. The highest BCUT2D eigenvalue weighted by atomic mass is 16.5. The summed E-state index contributed by atoms with van der Waals surface area (Å²) < 4.78 is 6.49. The number of esters is 1. The normalized spacial score (nSPS) is 11.3. The Morgan fingerprint density at radius 2 is 1.95 bits per heavy atom. The molecule has 1 N–H and O–H groups in total. The van der Waals surface area contributed by atoms with Crippen molar-refractivity contribution in [2.24, 2.45) is 12.5 Å². The van der Waals surface area contributed by atoms with E-state index in [0.717, 1.165) is 0 Å². The topological polar surface area (TPSA) is 73.2 Å². The largest absolute Gasteiger partial charge is 0.462 e. The summed E-state index contributed by atoms with van der Waals surface area (Å²) in [5.41, 5.74) is 0.732. The van der Waals surface area contributed by atoms with Gasteiger partial charge in [-0.1, -0.05) is 20.8 Å². The average Bonchev–Trinajstić information content (AvgIpc) is 2.51. The van der Waals surface area contributed by atoms with Gasteiger partial charge in [0.15, 0.2) is 0 Å². The van der Waals surface area contributed by atoms with Gasteiger partial charge in [-0.3, -0.25) is 9.48 Å². The molecule has 0 saturated carbocycles. The van der Waals surface area contributed by atoms with Crippen LogP contribution < -0.4 is 5.32 Å². The van der Waals surface area contributed by atoms with E-state index in [0.29, 0.717) is 23.5 Å². The molecule has 0 atom stereocenters. The number of ether oxygens (including phenoxy) is 1. The van der Waals surface area contributed by atoms with Crippen molar-refractivity contribution in [3.63, 3.8) is 0 Å². The summed E-state index contributed by atoms with van der Waals surface area (Å²) in [6.07, 6.45) is 0.361. The van der Waals surface area contributed by atoms with Gasteiger partial charge in [-0.2, -0.15) is 5.10 Å². The van der Waals surface area contributed by atoms with E-state index in [2.05, 4.69) is 10.4 Å². The summed E-state index contributed by atoms with van der Waals surface area (Å²) in [5.74, 6) is -0.231. The van der Waals surface area contributed by atoms with Gasteiger partial charge < -0.3 is 10.1 Å². The van der Waals surface area contributed by atoms with Gasteiger partial charge >= 0.3 is 5.97 Å². The lowest BCUT2D eigenvalue weighted by Crippen LogP contribution is -2.22. The third kappa shape index (κ3) is 4.08. The van der Waals surface area contributed by atoms with Gasteiger partial charge in [0.05, 0.1) is 12.3 Å². The second kappa shape index (κ2) is 6.07. The molecular weight excluding hydrogens is 258 g/mol. The first-order valence-corrected chi connectivity index (χ1v) is 6.66. The molecule has 1 aromatic heterocycles. The van der Waals surface area contributed by atoms with Crippen molar-refractivity contribution in [2.45, 2.75) is 41.0 Å². The van der Waals surface area contributed by atoms with Crippen LogP contribution in [0.5, 0.6) is 0 Å². The van der Waals surface area contributed by atoms with Gasteiger partial charge in [0.2, 0.25) is 5.91 Å². The summed E-state index contributed by atoms with van der Waals surface area (Å²) in [4.78, 5) is 24.0. The molecular formula is C14H23N3O3. The Hall–Kier alpha value is -1.85. The van der Waals surface area contributed by atoms with E-state index < -0.39 is 5.97 Å². The Labute approximate surface area is 119 Å². The summed E-state index contributed by atoms with van der Waals surface area (Å²) in [6.45, 7) is 9.67. The summed E-state index contributed by atoms with van der Waals surface area (Å²) >= 11 is 0. The molecule has 0 aliphatic rings. The van der Waals surface area contributed by atoms with Gasteiger partial charge in [0, 0.05) is 13.5 Å². The van der Waals surface area contributed by atoms with E-state index in [1.807, 2.05) is 20.8 Å². The van der Waals surface area contributed by atoms with Crippen molar-refractivity contribution in [1.29, 1.82) is 0 Å². The molecule has 1 aromatic rings. The number of amides is 1. The number of carbonyl (C=O) groups excluding carboxylic acids is 2. The molecule has 20 heavy (non-hydrogen) atoms. The van der Waals surface area contributed by atoms with Gasteiger partial charge in [0.25, 0.3) is 0 Å². The third-order valence-electron chi connectivity index (χ3n) is 2.65. The number of anilines is 1. The first kappa shape index (κ1) is 16.2. The molecule has 1 amide bonds. The van der Waals surface area contributed by atoms with Crippen LogP contribution in [-0.2, 0) is 16.6 Å². The van der Waals surface area contributed by atoms with E-state index in [-0.39, 0.29) is 17.9 Å². The first-order valence-electron chi connectivity index (χ1n) is 6.66. The Kier molecular flexibility index (Phi) is 4.92. The summed E-state index contributed by atoms with van der Waals surface area (Å²) in [5, 5.41) is 6.92. The molecule has 0 aromatic carbocycles. The quantitative estimate of drug-likeness (QED) is 0.859. The van der Waals surface area contributed by atoms with Crippen LogP contribution in [0.2, 0.25) is 0 Å². The maximum atomic E-state index is 12.0. The van der Waals surface area contributed by atoms with Gasteiger partial charge in [-0.15, -0.1) is 0 Å². The van der Waals surface area contributed by atoms with Crippen molar-refractivity contribution in [1.82, 2.24) is 9.78 Å². The van der Waals surface area contributed by atoms with Crippen LogP contribution in [0.15, 0.2) is 0 Å². The van der Waals surface area contributed by atoms with Crippen molar-refractivity contribution in [3.8, 4) is 0 Å². The predicted octanol–water partition coefficient (Wildman–Crippen LogP) is 2.28. The summed E-state index contributed by atoms with van der Waals surface area (Å²) in [7, 11) is 1.68. The number of nitrogens with one attached hydrogen (secondary N) is 1. The molecule has 6 nitrogen and oxygen atoms in total. The van der Waals surface area contributed by atoms with Crippen LogP contribution in [0.3, 0.4) is 0 Å². The van der Waals surface area contributed by atoms with Crippen LogP contribution in [0.4, 0.5) is 5.82 Å². The summed E-state index contributed by atoms with van der Waals surface area (Å²) in [6, 6.07) is 0. The number of hydrogen-bond donors (Lipinski definition) is 1. The monoisotopic (exact) mass is 281 g/mol. The molecule has 0 fully saturated rings. The van der Waals surface area contributed by atoms with E-state index >= 15 is 0 Å². The van der Waals surface area contributed by atoms with Crippen LogP contribution in [0, 0.1) is 12.3 Å². The molecule has 1 heterocycles. The first-order chi connectivity index (χ1) is 9.15. The Morgan fingerprint density at radius 3 is 2.45 bits per heavy atom. The molecule has 0 unspecified atom stereocenters. The molecule has 0 aliphatic carbocycles. The molecule has 112 valence electrons. The van der Waals surface area contributed by atoms with Gasteiger partial charge in [-0.25, -0.2) is 4.79 Å². The van der Waals surface area contributed by atoms with E-state index in [9.17, 15) is 9.59 Å². The maximum Gasteiger partial charge on any atom is 0.343 e. The van der Waals surface area contributed by atoms with Crippen molar-refractivity contribution in [3.05, 3.63) is 11.3 Å². The van der Waals surface area contributed by atoms with Crippen LogP contribution >= 0.6 is 0 Å². The standard InChI is InChI=1S/C14H23N3O3/c1-7-20-13(19)11-9(2)16-17(6)12(11)15-10(18)8-14(3,4)5/h7-8H2,1-6H3,(H,15,18). The molecule has 1 rings (SSSR count). The highest BCUT2D eigenvalue weighted by Crippen LogP contribution is 2.23. The van der Waals surface area contributed by atoms with Crippen molar-refractivity contribution in [2.75, 3.05) is 11.9 Å². The lowest BCUT2D eigenvalue weighted by atomic mass is 9.92. The fraction of sp³-hybridized carbons (Fsp3) is 0.643. The zero-order valence-electron chi connectivity index (χ0n) is 13.0. The number of hydrogen-bond acceptors (Lipinski definition) is 4. The lowest BCUT2D eigenvalue weighted by Gasteiger charge is -2.17. The Morgan fingerprint density at radius 1 is 1.35 bits per heavy atom. The molecule has 0 aliphatic heterocycles. The second-order valence-electron chi connectivity index (χ2n) is 5.94. The number of aromatic nitrogens is 2. The maximum absolute atomic E-state index is 12.0. The number of carbonyl (C=O) groups is 2. The zero-order chi connectivity index (χ0) is 15.5. The molecule has 0 bridgehead atoms. The zero-order valence-corrected chi connectivity index (χ0v) is 13.0. The minimum Gasteiger partial charge on any atom is -0.462 e. The van der Waals surface area contributed by atoms with Gasteiger partial charge in [-0.05, 0) is 19.3 Å². The fourth-order valence-corrected chi connectivity index (χ4v) is 1.91. The van der Waals surface area contributed by atoms with Gasteiger partial charge in [0.1, 0.15) is 11.4 Å². The van der Waals surface area contributed by atoms with Crippen molar-refractivity contribution < 1.29 is 14.3 Å². The van der Waals surface area contributed by atoms with E-state index in [4.69, 9.17) is 4.74 Å². The second-order valence-corrected chi connectivity index (χ2v) is 5.94. The third-order valence-corrected chi connectivity index (χ3v) is 2.65. The Balaban J connectivity index is 3.00. The van der Waals surface area contributed by atoms with Crippen LogP contribution in [0.1, 0.15) is 50.2 Å². The minimum absolute atomic E-state index is 0.123. The SMILES string of the molecule is CCOC(=O)c1c(C)nn(C)c1NC(=O)CC(C)(C)C. The number of nitrogens with zero attached hydrogens (tertiary/aromatic N) is 2. The smallest absolute Gasteiger partial charge is 0.343 e. The fourth-order valence-electron chi connectivity index (χ4n) is 1.91. The highest BCUT2D eigenvalue weighted by Gasteiger charge is 2.24. The van der Waals surface area contributed by atoms with E-state index in [1.54, 1.807) is 20.9 Å². The van der Waals surface area contributed by atoms with Crippen molar-refractivity contribution >= 4 is 17.7 Å². The lowest BCUT2D eigenvalue weighted by molar-refractivity contribution is -0.117. The molecule has 0 spiro atoms. The minimum atomic E-state index is -0.468. The van der Waals surface area contributed by atoms with E-state index in [1.165, 1.54) is 4.68 Å². The molecule has 0 saturated heterocycles. The van der Waals surface area contributed by atoms with Crippen LogP contribution in [0.25, 0.3) is 0 Å². The predicted molar refractivity (Wildman–Crippen MR) is 76.6 cm³/mol. The average molecular weight is 281 g/mol. The molecule has 0 radical (unpaired) electrons. The molecule has 6 heteroatoms. The number of aryl methyl sites for hydroxylation is 2. The highest BCUT2D eigenvalue weighted by molar-refractivity contribution is 6.01. The van der Waals surface area contributed by atoms with Crippen LogP contribution in [-0.4, -0.2) is 28.3 Å². The Bertz CT molecular complexity index is 512.